The molecule has 7 heteroatoms. The predicted octanol–water partition coefficient (Wildman–Crippen LogP) is 8.14. The van der Waals surface area contributed by atoms with Crippen LogP contribution in [0.4, 0.5) is 17.2 Å². The van der Waals surface area contributed by atoms with E-state index >= 15 is 0 Å². The van der Waals surface area contributed by atoms with Crippen LogP contribution in [0.5, 0.6) is 11.5 Å². The molecule has 4 aromatic rings. The lowest BCUT2D eigenvalue weighted by Gasteiger charge is -2.13. The molecule has 0 aliphatic heterocycles. The normalized spacial score (nSPS) is 11.2. The highest BCUT2D eigenvalue weighted by molar-refractivity contribution is 6.36. The summed E-state index contributed by atoms with van der Waals surface area (Å²) in [4.78, 5) is 8.84. The average molecular weight is 504 g/mol. The second-order valence-electron chi connectivity index (χ2n) is 7.42. The number of pyridine rings is 1. The highest BCUT2D eigenvalue weighted by Gasteiger charge is 2.09. The van der Waals surface area contributed by atoms with Crippen molar-refractivity contribution >= 4 is 52.7 Å². The number of nitrogens with zero attached hydrogens (tertiary/aromatic N) is 2. The van der Waals surface area contributed by atoms with Gasteiger partial charge in [-0.3, -0.25) is 4.99 Å². The third-order valence-corrected chi connectivity index (χ3v) is 5.49. The number of para-hydroxylation sites is 3. The average Bonchev–Trinajstić information content (AvgIpc) is 2.88. The first-order valence-electron chi connectivity index (χ1n) is 10.9. The van der Waals surface area contributed by atoms with Gasteiger partial charge in [-0.05, 0) is 42.0 Å². The number of ether oxygens (including phenoxy) is 2. The molecule has 1 N–H and O–H groups in total. The first-order valence-corrected chi connectivity index (χ1v) is 11.6. The molecule has 0 spiro atoms. The van der Waals surface area contributed by atoms with Crippen molar-refractivity contribution in [2.45, 2.75) is 6.61 Å². The summed E-state index contributed by atoms with van der Waals surface area (Å²) in [6.07, 6.45) is 7.04. The molecular weight excluding hydrogens is 481 g/mol. The molecule has 1 aromatic heterocycles. The number of benzene rings is 3. The molecule has 0 saturated heterocycles. The molecule has 4 rings (SSSR count). The van der Waals surface area contributed by atoms with Crippen LogP contribution in [0.2, 0.25) is 10.0 Å². The van der Waals surface area contributed by atoms with Crippen LogP contribution in [0.15, 0.2) is 96.1 Å². The second kappa shape index (κ2) is 12.1. The Balaban J connectivity index is 1.51. The zero-order valence-electron chi connectivity index (χ0n) is 19.0. The van der Waals surface area contributed by atoms with Crippen LogP contribution in [-0.2, 0) is 6.61 Å². The van der Waals surface area contributed by atoms with Gasteiger partial charge in [0, 0.05) is 18.0 Å². The number of aliphatic imine (C=N–C) groups is 1. The van der Waals surface area contributed by atoms with E-state index in [-0.39, 0.29) is 0 Å². The van der Waals surface area contributed by atoms with Gasteiger partial charge in [0.1, 0.15) is 12.4 Å². The van der Waals surface area contributed by atoms with Gasteiger partial charge in [-0.15, -0.1) is 0 Å². The van der Waals surface area contributed by atoms with Gasteiger partial charge < -0.3 is 14.8 Å². The maximum Gasteiger partial charge on any atom is 0.168 e. The number of nitrogens with one attached hydrogen (secondary N) is 1. The molecule has 0 unspecified atom stereocenters. The Morgan fingerprint density at radius 1 is 0.971 bits per heavy atom. The van der Waals surface area contributed by atoms with Crippen molar-refractivity contribution in [3.05, 3.63) is 112 Å². The van der Waals surface area contributed by atoms with Gasteiger partial charge in [0.2, 0.25) is 0 Å². The van der Waals surface area contributed by atoms with E-state index in [1.165, 1.54) is 6.20 Å². The van der Waals surface area contributed by atoms with Crippen LogP contribution >= 0.6 is 23.2 Å². The van der Waals surface area contributed by atoms with E-state index in [1.807, 2.05) is 84.9 Å². The summed E-state index contributed by atoms with van der Waals surface area (Å²) in [6.45, 7) is 0.441. The van der Waals surface area contributed by atoms with Crippen molar-refractivity contribution in [3.63, 3.8) is 0 Å². The summed E-state index contributed by atoms with van der Waals surface area (Å²) < 4.78 is 11.6. The Labute approximate surface area is 214 Å². The number of halogens is 2. The van der Waals surface area contributed by atoms with E-state index in [2.05, 4.69) is 15.3 Å². The van der Waals surface area contributed by atoms with E-state index in [0.29, 0.717) is 34.0 Å². The van der Waals surface area contributed by atoms with E-state index in [0.717, 1.165) is 22.5 Å². The highest BCUT2D eigenvalue weighted by atomic mass is 35.5. The van der Waals surface area contributed by atoms with E-state index in [9.17, 15) is 0 Å². The molecule has 0 atom stereocenters. The van der Waals surface area contributed by atoms with Crippen molar-refractivity contribution in [3.8, 4) is 11.5 Å². The minimum absolute atomic E-state index is 0.428. The SMILES string of the molecule is COc1cccc(/C=C/C=Nc2ccccc2Nc2ncc(Cl)cc2Cl)c1OCc1ccccc1. The van der Waals surface area contributed by atoms with E-state index in [4.69, 9.17) is 32.7 Å². The lowest BCUT2D eigenvalue weighted by atomic mass is 10.1. The Kier molecular flexibility index (Phi) is 8.39. The van der Waals surface area contributed by atoms with Crippen LogP contribution in [0, 0.1) is 0 Å². The Morgan fingerprint density at radius 3 is 2.57 bits per heavy atom. The second-order valence-corrected chi connectivity index (χ2v) is 8.26. The zero-order chi connectivity index (χ0) is 24.5. The maximum absolute atomic E-state index is 6.25. The molecule has 176 valence electrons. The molecule has 0 radical (unpaired) electrons. The smallest absolute Gasteiger partial charge is 0.168 e. The highest BCUT2D eigenvalue weighted by Crippen LogP contribution is 2.33. The van der Waals surface area contributed by atoms with E-state index in [1.54, 1.807) is 19.4 Å². The summed E-state index contributed by atoms with van der Waals surface area (Å²) in [6, 6.07) is 25.0. The molecule has 35 heavy (non-hydrogen) atoms. The predicted molar refractivity (Wildman–Crippen MR) is 145 cm³/mol. The maximum atomic E-state index is 6.25. The van der Waals surface area contributed by atoms with Crippen molar-refractivity contribution in [2.75, 3.05) is 12.4 Å². The fourth-order valence-corrected chi connectivity index (χ4v) is 3.73. The molecule has 0 amide bonds. The summed E-state index contributed by atoms with van der Waals surface area (Å²) in [5.74, 6) is 1.85. The molecule has 3 aromatic carbocycles. The Bertz CT molecular complexity index is 1340. The first kappa shape index (κ1) is 24.3. The minimum atomic E-state index is 0.428. The number of rotatable bonds is 9. The molecule has 0 saturated carbocycles. The Morgan fingerprint density at radius 2 is 1.77 bits per heavy atom. The van der Waals surface area contributed by atoms with Crippen LogP contribution < -0.4 is 14.8 Å². The molecule has 5 nitrogen and oxygen atoms in total. The number of hydrogen-bond acceptors (Lipinski definition) is 5. The lowest BCUT2D eigenvalue weighted by Crippen LogP contribution is -1.99. The number of allylic oxidation sites excluding steroid dienone is 1. The third-order valence-electron chi connectivity index (χ3n) is 5.00. The molecule has 0 fully saturated rings. The molecule has 0 bridgehead atoms. The van der Waals surface area contributed by atoms with Crippen molar-refractivity contribution in [2.24, 2.45) is 4.99 Å². The molecule has 1 heterocycles. The molecule has 0 aliphatic rings. The van der Waals surface area contributed by atoms with Gasteiger partial charge in [0.05, 0.1) is 28.5 Å². The van der Waals surface area contributed by atoms with Crippen LogP contribution in [0.1, 0.15) is 11.1 Å². The topological polar surface area (TPSA) is 55.7 Å². The minimum Gasteiger partial charge on any atom is -0.493 e. The Hall–Kier alpha value is -3.80. The van der Waals surface area contributed by atoms with Gasteiger partial charge in [-0.1, -0.05) is 77.8 Å². The third kappa shape index (κ3) is 6.63. The monoisotopic (exact) mass is 503 g/mol. The van der Waals surface area contributed by atoms with Crippen LogP contribution in [0.25, 0.3) is 6.08 Å². The van der Waals surface area contributed by atoms with Gasteiger partial charge >= 0.3 is 0 Å². The number of methoxy groups -OCH3 is 1. The van der Waals surface area contributed by atoms with Gasteiger partial charge in [-0.25, -0.2) is 4.98 Å². The lowest BCUT2D eigenvalue weighted by molar-refractivity contribution is 0.284. The van der Waals surface area contributed by atoms with E-state index < -0.39 is 0 Å². The summed E-state index contributed by atoms with van der Waals surface area (Å²) in [5.41, 5.74) is 3.46. The zero-order valence-corrected chi connectivity index (χ0v) is 20.5. The number of anilines is 2. The summed E-state index contributed by atoms with van der Waals surface area (Å²) >= 11 is 12.2. The van der Waals surface area contributed by atoms with Gasteiger partial charge in [0.15, 0.2) is 11.5 Å². The largest absolute Gasteiger partial charge is 0.493 e. The van der Waals surface area contributed by atoms with Gasteiger partial charge in [-0.2, -0.15) is 0 Å². The quantitative estimate of drug-likeness (QED) is 0.234. The van der Waals surface area contributed by atoms with Crippen molar-refractivity contribution in [1.82, 2.24) is 4.98 Å². The van der Waals surface area contributed by atoms with Gasteiger partial charge in [0.25, 0.3) is 0 Å². The molecule has 0 aliphatic carbocycles. The number of hydrogen-bond donors (Lipinski definition) is 1. The fourth-order valence-electron chi connectivity index (χ4n) is 3.31. The standard InChI is InChI=1S/C28H23Cl2N3O2/c1-34-26-15-7-11-21(27(26)35-19-20-9-3-2-4-10-20)12-8-16-31-24-13-5-6-14-25(24)33-28-23(30)17-22(29)18-32-28/h2-18H,19H2,1H3,(H,32,33)/b12-8+,31-16?. The van der Waals surface area contributed by atoms with Crippen LogP contribution in [0.3, 0.4) is 0 Å². The van der Waals surface area contributed by atoms with Crippen LogP contribution in [-0.4, -0.2) is 18.3 Å². The molecular formula is C28H23Cl2N3O2. The summed E-state index contributed by atoms with van der Waals surface area (Å²) in [7, 11) is 1.63. The summed E-state index contributed by atoms with van der Waals surface area (Å²) in [5, 5.41) is 4.11. The fraction of sp³-hybridized carbons (Fsp3) is 0.0714. The number of aromatic nitrogens is 1. The van der Waals surface area contributed by atoms with Crippen molar-refractivity contribution < 1.29 is 9.47 Å². The van der Waals surface area contributed by atoms with Crippen molar-refractivity contribution in [1.29, 1.82) is 0 Å². The first-order chi connectivity index (χ1) is 17.1.